The van der Waals surface area contributed by atoms with Gasteiger partial charge in [0.05, 0.1) is 4.92 Å². The van der Waals surface area contributed by atoms with Gasteiger partial charge in [-0.25, -0.2) is 0 Å². The van der Waals surface area contributed by atoms with Crippen molar-refractivity contribution in [1.82, 2.24) is 0 Å². The van der Waals surface area contributed by atoms with Crippen LogP contribution >= 0.6 is 0 Å². The van der Waals surface area contributed by atoms with Crippen LogP contribution < -0.4 is 9.80 Å². The number of hydrogen-bond donors (Lipinski definition) is 0. The van der Waals surface area contributed by atoms with E-state index in [2.05, 4.69) is 132 Å². The summed E-state index contributed by atoms with van der Waals surface area (Å²) in [5.74, 6) is 0. The zero-order valence-corrected chi connectivity index (χ0v) is 25.3. The molecule has 0 bridgehead atoms. The maximum atomic E-state index is 11.2. The number of fused-ring (bicyclic) bond motifs is 1. The molecule has 7 rings (SSSR count). The molecule has 0 atom stereocenters. The molecule has 46 heavy (non-hydrogen) atoms. The number of rotatable bonds is 8. The van der Waals surface area contributed by atoms with Crippen LogP contribution in [-0.4, -0.2) is 12.0 Å². The van der Waals surface area contributed by atoms with E-state index in [4.69, 9.17) is 0 Å². The van der Waals surface area contributed by atoms with Crippen LogP contribution in [0.2, 0.25) is 0 Å². The number of nitro groups is 1. The molecule has 0 amide bonds. The molecule has 0 aliphatic heterocycles. The first-order valence-electron chi connectivity index (χ1n) is 15.2. The van der Waals surface area contributed by atoms with Crippen LogP contribution in [0.25, 0.3) is 33.0 Å². The predicted molar refractivity (Wildman–Crippen MR) is 191 cm³/mol. The molecule has 0 aliphatic rings. The van der Waals surface area contributed by atoms with Crippen molar-refractivity contribution in [3.8, 4) is 22.3 Å². The Hall–Kier alpha value is -6.20. The minimum absolute atomic E-state index is 0.0749. The van der Waals surface area contributed by atoms with Gasteiger partial charge in [-0.3, -0.25) is 10.1 Å². The van der Waals surface area contributed by atoms with Gasteiger partial charge in [-0.15, -0.1) is 0 Å². The van der Waals surface area contributed by atoms with E-state index in [1.54, 1.807) is 12.1 Å². The zero-order chi connectivity index (χ0) is 31.5. The standard InChI is InChI=1S/C41H31N3O2/c1-42(39-12-7-13-41(29-39)44(45)46)36-21-14-33(15-22-36)34-18-25-38(26-19-34)43(40-27-20-31-10-5-6-11-35(31)28-40)37-23-16-32(17-24-37)30-8-3-2-4-9-30/h2-29H,1H3. The molecule has 0 aliphatic carbocycles. The van der Waals surface area contributed by atoms with Crippen LogP contribution in [0.4, 0.5) is 34.1 Å². The summed E-state index contributed by atoms with van der Waals surface area (Å²) in [6.07, 6.45) is 0. The molecular formula is C41H31N3O2. The quantitative estimate of drug-likeness (QED) is 0.129. The van der Waals surface area contributed by atoms with E-state index in [1.165, 1.54) is 28.0 Å². The SMILES string of the molecule is CN(c1ccc(-c2ccc(N(c3ccc(-c4ccccc4)cc3)c3ccc4ccccc4c3)cc2)cc1)c1cccc([N+](=O)[O-])c1. The lowest BCUT2D eigenvalue weighted by atomic mass is 10.0. The van der Waals surface area contributed by atoms with Gasteiger partial charge in [0.2, 0.25) is 0 Å². The average molecular weight is 598 g/mol. The summed E-state index contributed by atoms with van der Waals surface area (Å²) in [7, 11) is 1.91. The molecule has 7 aromatic rings. The Morgan fingerprint density at radius 3 is 1.52 bits per heavy atom. The molecule has 5 nitrogen and oxygen atoms in total. The van der Waals surface area contributed by atoms with Crippen molar-refractivity contribution < 1.29 is 4.92 Å². The fourth-order valence-corrected chi connectivity index (χ4v) is 5.84. The second-order valence-electron chi connectivity index (χ2n) is 11.2. The highest BCUT2D eigenvalue weighted by atomic mass is 16.6. The topological polar surface area (TPSA) is 49.6 Å². The molecule has 0 spiro atoms. The van der Waals surface area contributed by atoms with E-state index >= 15 is 0 Å². The lowest BCUT2D eigenvalue weighted by Crippen LogP contribution is -2.10. The van der Waals surface area contributed by atoms with Crippen molar-refractivity contribution in [3.05, 3.63) is 180 Å². The Bertz CT molecular complexity index is 2130. The van der Waals surface area contributed by atoms with Crippen LogP contribution in [0.15, 0.2) is 170 Å². The summed E-state index contributed by atoms with van der Waals surface area (Å²) in [6, 6.07) is 57.7. The van der Waals surface area contributed by atoms with Gasteiger partial charge < -0.3 is 9.80 Å². The van der Waals surface area contributed by atoms with Crippen LogP contribution in [-0.2, 0) is 0 Å². The second kappa shape index (κ2) is 12.4. The van der Waals surface area contributed by atoms with Crippen molar-refractivity contribution >= 4 is 44.9 Å². The van der Waals surface area contributed by atoms with Crippen LogP contribution in [0.1, 0.15) is 0 Å². The number of nitrogens with zero attached hydrogens (tertiary/aromatic N) is 3. The predicted octanol–water partition coefficient (Wildman–Crippen LogP) is 11.3. The third-order valence-corrected chi connectivity index (χ3v) is 8.37. The Morgan fingerprint density at radius 1 is 0.435 bits per heavy atom. The molecule has 0 radical (unpaired) electrons. The van der Waals surface area contributed by atoms with Crippen molar-refractivity contribution in [2.75, 3.05) is 16.8 Å². The van der Waals surface area contributed by atoms with Crippen LogP contribution in [0.5, 0.6) is 0 Å². The van der Waals surface area contributed by atoms with Crippen molar-refractivity contribution in [2.24, 2.45) is 0 Å². The molecule has 0 aromatic heterocycles. The third kappa shape index (κ3) is 5.82. The van der Waals surface area contributed by atoms with E-state index in [0.29, 0.717) is 0 Å². The van der Waals surface area contributed by atoms with Crippen molar-refractivity contribution in [1.29, 1.82) is 0 Å². The lowest BCUT2D eigenvalue weighted by Gasteiger charge is -2.26. The molecule has 222 valence electrons. The fourth-order valence-electron chi connectivity index (χ4n) is 5.84. The summed E-state index contributed by atoms with van der Waals surface area (Å²) in [5.41, 5.74) is 9.58. The smallest absolute Gasteiger partial charge is 0.271 e. The maximum absolute atomic E-state index is 11.2. The Balaban J connectivity index is 1.19. The number of anilines is 5. The lowest BCUT2D eigenvalue weighted by molar-refractivity contribution is -0.384. The molecule has 7 aromatic carbocycles. The number of non-ortho nitro benzene ring substituents is 1. The molecule has 0 saturated heterocycles. The normalized spacial score (nSPS) is 10.9. The van der Waals surface area contributed by atoms with E-state index < -0.39 is 0 Å². The molecule has 0 saturated carbocycles. The molecule has 0 unspecified atom stereocenters. The van der Waals surface area contributed by atoms with E-state index in [0.717, 1.165) is 39.6 Å². The highest BCUT2D eigenvalue weighted by molar-refractivity contribution is 5.89. The highest BCUT2D eigenvalue weighted by Gasteiger charge is 2.15. The maximum Gasteiger partial charge on any atom is 0.271 e. The van der Waals surface area contributed by atoms with E-state index in [9.17, 15) is 10.1 Å². The van der Waals surface area contributed by atoms with Gasteiger partial charge >= 0.3 is 0 Å². The number of benzene rings is 7. The van der Waals surface area contributed by atoms with Gasteiger partial charge in [-0.2, -0.15) is 0 Å². The molecule has 0 fully saturated rings. The first-order chi connectivity index (χ1) is 22.5. The largest absolute Gasteiger partial charge is 0.344 e. The van der Waals surface area contributed by atoms with Gasteiger partial charge in [0, 0.05) is 47.6 Å². The van der Waals surface area contributed by atoms with E-state index in [1.807, 2.05) is 36.2 Å². The summed E-state index contributed by atoms with van der Waals surface area (Å²) in [5, 5.41) is 13.6. The van der Waals surface area contributed by atoms with Gasteiger partial charge in [0.15, 0.2) is 0 Å². The minimum atomic E-state index is -0.370. The Morgan fingerprint density at radius 2 is 0.935 bits per heavy atom. The van der Waals surface area contributed by atoms with E-state index in [-0.39, 0.29) is 10.6 Å². The summed E-state index contributed by atoms with van der Waals surface area (Å²) < 4.78 is 0. The monoisotopic (exact) mass is 597 g/mol. The molecule has 0 heterocycles. The Kier molecular flexibility index (Phi) is 7.71. The molecular weight excluding hydrogens is 566 g/mol. The highest BCUT2D eigenvalue weighted by Crippen LogP contribution is 2.38. The summed E-state index contributed by atoms with van der Waals surface area (Å²) in [4.78, 5) is 15.1. The number of hydrogen-bond acceptors (Lipinski definition) is 4. The van der Waals surface area contributed by atoms with Crippen LogP contribution in [0, 0.1) is 10.1 Å². The van der Waals surface area contributed by atoms with Crippen LogP contribution in [0.3, 0.4) is 0 Å². The van der Waals surface area contributed by atoms with Gasteiger partial charge in [-0.1, -0.05) is 103 Å². The van der Waals surface area contributed by atoms with Gasteiger partial charge in [0.1, 0.15) is 0 Å². The van der Waals surface area contributed by atoms with Gasteiger partial charge in [-0.05, 0) is 87.6 Å². The molecule has 0 N–H and O–H groups in total. The second-order valence-corrected chi connectivity index (χ2v) is 11.2. The first kappa shape index (κ1) is 28.6. The summed E-state index contributed by atoms with van der Waals surface area (Å²) >= 11 is 0. The Labute approximate surface area is 268 Å². The summed E-state index contributed by atoms with van der Waals surface area (Å²) in [6.45, 7) is 0. The zero-order valence-electron chi connectivity index (χ0n) is 25.3. The molecule has 5 heteroatoms. The van der Waals surface area contributed by atoms with Gasteiger partial charge in [0.25, 0.3) is 5.69 Å². The minimum Gasteiger partial charge on any atom is -0.344 e. The van der Waals surface area contributed by atoms with Crippen molar-refractivity contribution in [2.45, 2.75) is 0 Å². The fraction of sp³-hybridized carbons (Fsp3) is 0.0244. The average Bonchev–Trinajstić information content (AvgIpc) is 3.12. The first-order valence-corrected chi connectivity index (χ1v) is 15.2. The van der Waals surface area contributed by atoms with Crippen molar-refractivity contribution in [3.63, 3.8) is 0 Å². The third-order valence-electron chi connectivity index (χ3n) is 8.37. The number of nitro benzene ring substituents is 1.